The average Bonchev–Trinajstić information content (AvgIpc) is 3.38. The van der Waals surface area contributed by atoms with Crippen molar-refractivity contribution in [2.75, 3.05) is 43.0 Å². The molecule has 3 aromatic rings. The van der Waals surface area contributed by atoms with Crippen LogP contribution >= 0.6 is 22.9 Å². The average molecular weight is 498 g/mol. The maximum atomic E-state index is 12.7. The molecule has 1 aliphatic rings. The van der Waals surface area contributed by atoms with Gasteiger partial charge in [0.1, 0.15) is 5.75 Å². The molecule has 0 saturated carbocycles. The Balaban J connectivity index is 1.36. The Morgan fingerprint density at radius 3 is 2.53 bits per heavy atom. The Labute approximate surface area is 209 Å². The molecule has 178 valence electrons. The molecule has 0 atom stereocenters. The van der Waals surface area contributed by atoms with E-state index in [9.17, 15) is 9.59 Å². The van der Waals surface area contributed by atoms with Crippen molar-refractivity contribution in [3.63, 3.8) is 0 Å². The van der Waals surface area contributed by atoms with E-state index >= 15 is 0 Å². The van der Waals surface area contributed by atoms with Gasteiger partial charge in [0.25, 0.3) is 11.8 Å². The van der Waals surface area contributed by atoms with Crippen molar-refractivity contribution in [2.45, 2.75) is 13.8 Å². The van der Waals surface area contributed by atoms with Gasteiger partial charge >= 0.3 is 0 Å². The second-order valence-electron chi connectivity index (χ2n) is 8.61. The van der Waals surface area contributed by atoms with Crippen LogP contribution in [0.15, 0.2) is 60.0 Å². The smallest absolute Gasteiger partial charge is 0.264 e. The molecule has 8 heteroatoms. The first-order valence-electron chi connectivity index (χ1n) is 11.3. The molecule has 0 bridgehead atoms. The van der Waals surface area contributed by atoms with Gasteiger partial charge in [0.15, 0.2) is 0 Å². The molecule has 2 heterocycles. The Morgan fingerprint density at radius 1 is 1.06 bits per heavy atom. The predicted molar refractivity (Wildman–Crippen MR) is 139 cm³/mol. The molecule has 1 saturated heterocycles. The first-order valence-corrected chi connectivity index (χ1v) is 12.6. The number of amides is 2. The number of piperazine rings is 1. The number of thiophene rings is 1. The Kier molecular flexibility index (Phi) is 7.75. The van der Waals surface area contributed by atoms with Crippen LogP contribution in [0.25, 0.3) is 0 Å². The molecular weight excluding hydrogens is 470 g/mol. The molecule has 0 radical (unpaired) electrons. The molecule has 34 heavy (non-hydrogen) atoms. The number of anilines is 2. The largest absolute Gasteiger partial charge is 0.493 e. The number of nitrogens with zero attached hydrogens (tertiary/aromatic N) is 2. The number of carbonyl (C=O) groups is 2. The normalized spacial score (nSPS) is 13.8. The zero-order chi connectivity index (χ0) is 24.1. The lowest BCUT2D eigenvalue weighted by atomic mass is 10.2. The first kappa shape index (κ1) is 24.1. The van der Waals surface area contributed by atoms with E-state index in [0.29, 0.717) is 60.7 Å². The quantitative estimate of drug-likeness (QED) is 0.458. The minimum atomic E-state index is -0.223. The van der Waals surface area contributed by atoms with Gasteiger partial charge in [0.05, 0.1) is 22.2 Å². The van der Waals surface area contributed by atoms with Gasteiger partial charge in [-0.25, -0.2) is 0 Å². The fourth-order valence-corrected chi connectivity index (χ4v) is 4.73. The summed E-state index contributed by atoms with van der Waals surface area (Å²) >= 11 is 8.04. The third-order valence-corrected chi connectivity index (χ3v) is 6.69. The number of hydrogen-bond acceptors (Lipinski definition) is 5. The van der Waals surface area contributed by atoms with Crippen LogP contribution in [0.4, 0.5) is 11.4 Å². The van der Waals surface area contributed by atoms with Crippen LogP contribution in [0, 0.1) is 5.92 Å². The monoisotopic (exact) mass is 497 g/mol. The van der Waals surface area contributed by atoms with E-state index in [-0.39, 0.29) is 11.8 Å². The highest BCUT2D eigenvalue weighted by Gasteiger charge is 2.24. The third-order valence-electron chi connectivity index (χ3n) is 5.52. The van der Waals surface area contributed by atoms with E-state index in [0.717, 1.165) is 10.6 Å². The van der Waals surface area contributed by atoms with Gasteiger partial charge in [-0.15, -0.1) is 11.3 Å². The Bertz CT molecular complexity index is 1140. The number of carbonyl (C=O) groups excluding carboxylic acids is 2. The summed E-state index contributed by atoms with van der Waals surface area (Å²) in [7, 11) is 0. The number of benzene rings is 2. The third kappa shape index (κ3) is 5.90. The fourth-order valence-electron chi connectivity index (χ4n) is 3.74. The minimum Gasteiger partial charge on any atom is -0.493 e. The van der Waals surface area contributed by atoms with Gasteiger partial charge in [-0.3, -0.25) is 9.59 Å². The molecule has 4 rings (SSSR count). The second kappa shape index (κ2) is 10.9. The number of rotatable bonds is 7. The van der Waals surface area contributed by atoms with Gasteiger partial charge in [0, 0.05) is 37.4 Å². The highest BCUT2D eigenvalue weighted by Crippen LogP contribution is 2.30. The fraction of sp³-hybridized carbons (Fsp3) is 0.308. The maximum absolute atomic E-state index is 12.7. The molecule has 0 spiro atoms. The summed E-state index contributed by atoms with van der Waals surface area (Å²) in [5.74, 6) is 0.936. The lowest BCUT2D eigenvalue weighted by Gasteiger charge is -2.36. The van der Waals surface area contributed by atoms with Crippen LogP contribution in [0.3, 0.4) is 0 Å². The van der Waals surface area contributed by atoms with Crippen molar-refractivity contribution in [3.05, 3.63) is 75.4 Å². The van der Waals surface area contributed by atoms with E-state index in [2.05, 4.69) is 24.1 Å². The van der Waals surface area contributed by atoms with Crippen LogP contribution in [-0.2, 0) is 0 Å². The predicted octanol–water partition coefficient (Wildman–Crippen LogP) is 5.65. The van der Waals surface area contributed by atoms with E-state index in [1.807, 2.05) is 46.7 Å². The number of ether oxygens (including phenoxy) is 1. The van der Waals surface area contributed by atoms with E-state index in [4.69, 9.17) is 16.3 Å². The molecular formula is C26H28ClN3O3S. The van der Waals surface area contributed by atoms with E-state index in [1.54, 1.807) is 18.2 Å². The van der Waals surface area contributed by atoms with Crippen molar-refractivity contribution < 1.29 is 14.3 Å². The topological polar surface area (TPSA) is 61.9 Å². The molecule has 6 nitrogen and oxygen atoms in total. The Hall–Kier alpha value is -3.03. The van der Waals surface area contributed by atoms with Crippen LogP contribution in [0.2, 0.25) is 5.02 Å². The van der Waals surface area contributed by atoms with Gasteiger partial charge in [-0.1, -0.05) is 37.6 Å². The lowest BCUT2D eigenvalue weighted by Crippen LogP contribution is -2.48. The molecule has 1 N–H and O–H groups in total. The van der Waals surface area contributed by atoms with E-state index in [1.165, 1.54) is 11.3 Å². The molecule has 2 aromatic carbocycles. The molecule has 0 unspecified atom stereocenters. The summed E-state index contributed by atoms with van der Waals surface area (Å²) in [5.41, 5.74) is 2.04. The number of nitrogens with one attached hydrogen (secondary N) is 1. The summed E-state index contributed by atoms with van der Waals surface area (Å²) in [5, 5.41) is 5.39. The highest BCUT2D eigenvalue weighted by molar-refractivity contribution is 7.12. The zero-order valence-electron chi connectivity index (χ0n) is 19.3. The lowest BCUT2D eigenvalue weighted by molar-refractivity contribution is 0.0751. The summed E-state index contributed by atoms with van der Waals surface area (Å²) < 4.78 is 5.72. The van der Waals surface area contributed by atoms with Gasteiger partial charge < -0.3 is 19.9 Å². The molecule has 1 aromatic heterocycles. The molecule has 2 amide bonds. The Morgan fingerprint density at radius 2 is 1.85 bits per heavy atom. The number of halogens is 1. The van der Waals surface area contributed by atoms with Crippen LogP contribution in [0.1, 0.15) is 33.9 Å². The van der Waals surface area contributed by atoms with E-state index < -0.39 is 0 Å². The molecule has 0 aliphatic carbocycles. The number of hydrogen-bond donors (Lipinski definition) is 1. The summed E-state index contributed by atoms with van der Waals surface area (Å²) in [6.07, 6.45) is 0. The summed E-state index contributed by atoms with van der Waals surface area (Å²) in [6, 6.07) is 16.4. The summed E-state index contributed by atoms with van der Waals surface area (Å²) in [6.45, 7) is 7.43. The first-order chi connectivity index (χ1) is 16.4. The zero-order valence-corrected chi connectivity index (χ0v) is 20.9. The summed E-state index contributed by atoms with van der Waals surface area (Å²) in [4.78, 5) is 30.1. The van der Waals surface area contributed by atoms with Gasteiger partial charge in [-0.05, 0) is 53.8 Å². The van der Waals surface area contributed by atoms with Crippen molar-refractivity contribution >= 4 is 46.1 Å². The van der Waals surface area contributed by atoms with Crippen molar-refractivity contribution in [1.82, 2.24) is 4.90 Å². The van der Waals surface area contributed by atoms with Crippen molar-refractivity contribution in [3.8, 4) is 5.75 Å². The second-order valence-corrected chi connectivity index (χ2v) is 9.96. The van der Waals surface area contributed by atoms with Crippen LogP contribution in [-0.4, -0.2) is 49.5 Å². The molecule has 1 aliphatic heterocycles. The van der Waals surface area contributed by atoms with Crippen LogP contribution < -0.4 is 15.0 Å². The van der Waals surface area contributed by atoms with Gasteiger partial charge in [0.2, 0.25) is 0 Å². The van der Waals surface area contributed by atoms with Gasteiger partial charge in [-0.2, -0.15) is 0 Å². The molecule has 1 fully saturated rings. The standard InChI is InChI=1S/C26H28ClN3O3S/c1-18(2)17-33-21-6-3-5-19(15-21)25(31)28-20-8-9-23(22(27)16-20)29-10-12-30(13-11-29)26(32)24-7-4-14-34-24/h3-9,14-16,18H,10-13,17H2,1-2H3,(H,28,31). The van der Waals surface area contributed by atoms with Crippen LogP contribution in [0.5, 0.6) is 5.75 Å². The van der Waals surface area contributed by atoms with Crippen molar-refractivity contribution in [2.24, 2.45) is 5.92 Å². The minimum absolute atomic E-state index is 0.0810. The maximum Gasteiger partial charge on any atom is 0.264 e. The van der Waals surface area contributed by atoms with Crippen molar-refractivity contribution in [1.29, 1.82) is 0 Å². The highest BCUT2D eigenvalue weighted by atomic mass is 35.5. The SMILES string of the molecule is CC(C)COc1cccc(C(=O)Nc2ccc(N3CCN(C(=O)c4cccs4)CC3)c(Cl)c2)c1.